The number of rotatable bonds is 7. The molecule has 0 radical (unpaired) electrons. The van der Waals surface area contributed by atoms with Crippen molar-refractivity contribution in [3.05, 3.63) is 82.0 Å². The number of thiophene rings is 1. The first kappa shape index (κ1) is 26.4. The summed E-state index contributed by atoms with van der Waals surface area (Å²) in [5, 5.41) is 2.33. The number of ether oxygens (including phenoxy) is 1. The molecule has 3 aromatic rings. The maximum absolute atomic E-state index is 13.5. The Morgan fingerprint density at radius 3 is 2.24 bits per heavy atom. The van der Waals surface area contributed by atoms with E-state index in [-0.39, 0.29) is 37.0 Å². The van der Waals surface area contributed by atoms with E-state index in [0.29, 0.717) is 16.2 Å². The highest BCUT2D eigenvalue weighted by Gasteiger charge is 2.39. The van der Waals surface area contributed by atoms with E-state index in [1.807, 2.05) is 6.92 Å². The molecule has 0 bridgehead atoms. The molecule has 0 unspecified atom stereocenters. The second-order valence-corrected chi connectivity index (χ2v) is 11.5. The van der Waals surface area contributed by atoms with Crippen LogP contribution in [0.1, 0.15) is 25.6 Å². The van der Waals surface area contributed by atoms with Crippen LogP contribution in [0.25, 0.3) is 0 Å². The highest BCUT2D eigenvalue weighted by molar-refractivity contribution is 7.92. The van der Waals surface area contributed by atoms with Crippen molar-refractivity contribution in [2.45, 2.75) is 17.2 Å². The van der Waals surface area contributed by atoms with E-state index < -0.39 is 27.0 Å². The Labute approximate surface area is 219 Å². The van der Waals surface area contributed by atoms with Crippen molar-refractivity contribution in [2.75, 3.05) is 33.3 Å². The first-order valence-electron chi connectivity index (χ1n) is 11.6. The molecule has 0 saturated carbocycles. The Hall–Kier alpha value is -3.70. The zero-order valence-corrected chi connectivity index (χ0v) is 22.1. The molecule has 1 aliphatic heterocycles. The van der Waals surface area contributed by atoms with Crippen LogP contribution in [0.5, 0.6) is 5.75 Å². The van der Waals surface area contributed by atoms with Gasteiger partial charge < -0.3 is 19.9 Å². The fraction of sp³-hybridized carbons (Fsp3) is 0.269. The number of benzene rings is 2. The van der Waals surface area contributed by atoms with Gasteiger partial charge in [0.05, 0.1) is 16.9 Å². The fourth-order valence-corrected chi connectivity index (χ4v) is 6.06. The molecule has 2 aromatic carbocycles. The van der Waals surface area contributed by atoms with Gasteiger partial charge in [0.2, 0.25) is 15.2 Å². The number of aryl methyl sites for hydroxylation is 1. The predicted octanol–water partition coefficient (Wildman–Crippen LogP) is 2.58. The third-order valence-electron chi connectivity index (χ3n) is 6.09. The Balaban J connectivity index is 1.52. The molecular weight excluding hydrogens is 514 g/mol. The number of methoxy groups -OCH3 is 1. The van der Waals surface area contributed by atoms with Crippen molar-refractivity contribution in [1.82, 2.24) is 15.1 Å². The Morgan fingerprint density at radius 1 is 0.946 bits per heavy atom. The van der Waals surface area contributed by atoms with E-state index in [0.717, 1.165) is 16.9 Å². The zero-order valence-electron chi connectivity index (χ0n) is 20.4. The van der Waals surface area contributed by atoms with Crippen molar-refractivity contribution >= 4 is 38.9 Å². The standard InChI is InChI=1S/C26H27N3O6S2/c1-18-8-10-21(11-9-18)37(33,34)24(27-23(30)22-7-4-16-36-22)26(32)29-14-12-28(13-15-29)25(31)19-5-3-6-20(17-19)35-2/h3-11,16-17,24H,12-15H2,1-2H3,(H,27,30)/t24-/m1/s1. The van der Waals surface area contributed by atoms with Gasteiger partial charge in [-0.2, -0.15) is 0 Å². The molecule has 0 spiro atoms. The van der Waals surface area contributed by atoms with E-state index in [1.54, 1.807) is 58.8 Å². The van der Waals surface area contributed by atoms with Gasteiger partial charge in [0.25, 0.3) is 17.7 Å². The second-order valence-electron chi connectivity index (χ2n) is 8.54. The van der Waals surface area contributed by atoms with Gasteiger partial charge in [-0.1, -0.05) is 29.8 Å². The molecule has 1 N–H and O–H groups in total. The molecule has 2 heterocycles. The van der Waals surface area contributed by atoms with Crippen LogP contribution in [0.2, 0.25) is 0 Å². The third-order valence-corrected chi connectivity index (χ3v) is 8.82. The van der Waals surface area contributed by atoms with Crippen LogP contribution in [-0.2, 0) is 14.6 Å². The number of piperazine rings is 1. The first-order valence-corrected chi connectivity index (χ1v) is 14.0. The van der Waals surface area contributed by atoms with E-state index in [1.165, 1.54) is 24.1 Å². The molecule has 1 saturated heterocycles. The number of carbonyl (C=O) groups is 3. The number of sulfone groups is 1. The monoisotopic (exact) mass is 541 g/mol. The average molecular weight is 542 g/mol. The highest BCUT2D eigenvalue weighted by atomic mass is 32.2. The second kappa shape index (κ2) is 11.1. The van der Waals surface area contributed by atoms with Gasteiger partial charge in [-0.05, 0) is 48.7 Å². The molecule has 11 heteroatoms. The summed E-state index contributed by atoms with van der Waals surface area (Å²) in [5.74, 6) is -1.03. The van der Waals surface area contributed by atoms with Crippen molar-refractivity contribution in [2.24, 2.45) is 0 Å². The lowest BCUT2D eigenvalue weighted by Crippen LogP contribution is -2.57. The van der Waals surface area contributed by atoms with Gasteiger partial charge in [-0.25, -0.2) is 8.42 Å². The van der Waals surface area contributed by atoms with Gasteiger partial charge in [0.1, 0.15) is 5.75 Å². The summed E-state index contributed by atoms with van der Waals surface area (Å²) in [6, 6.07) is 16.1. The van der Waals surface area contributed by atoms with E-state index >= 15 is 0 Å². The summed E-state index contributed by atoms with van der Waals surface area (Å²) < 4.78 is 32.2. The smallest absolute Gasteiger partial charge is 0.262 e. The fourth-order valence-electron chi connectivity index (χ4n) is 3.97. The van der Waals surface area contributed by atoms with Crippen LogP contribution in [0, 0.1) is 6.92 Å². The summed E-state index contributed by atoms with van der Waals surface area (Å²) in [4.78, 5) is 42.5. The average Bonchev–Trinajstić information content (AvgIpc) is 3.46. The van der Waals surface area contributed by atoms with Gasteiger partial charge in [0.15, 0.2) is 0 Å². The first-order chi connectivity index (χ1) is 17.7. The largest absolute Gasteiger partial charge is 0.497 e. The molecule has 1 aromatic heterocycles. The van der Waals surface area contributed by atoms with Gasteiger partial charge in [-0.3, -0.25) is 14.4 Å². The van der Waals surface area contributed by atoms with Gasteiger partial charge in [-0.15, -0.1) is 11.3 Å². The third kappa shape index (κ3) is 5.83. The quantitative estimate of drug-likeness (QED) is 0.492. The number of carbonyl (C=O) groups excluding carboxylic acids is 3. The Kier molecular flexibility index (Phi) is 7.94. The molecule has 9 nitrogen and oxygen atoms in total. The van der Waals surface area contributed by atoms with Gasteiger partial charge in [0, 0.05) is 31.7 Å². The summed E-state index contributed by atoms with van der Waals surface area (Å²) >= 11 is 1.15. The minimum Gasteiger partial charge on any atom is -0.497 e. The number of amides is 3. The topological polar surface area (TPSA) is 113 Å². The van der Waals surface area contributed by atoms with E-state index in [9.17, 15) is 22.8 Å². The number of nitrogens with zero attached hydrogens (tertiary/aromatic N) is 2. The van der Waals surface area contributed by atoms with Crippen molar-refractivity contribution in [1.29, 1.82) is 0 Å². The molecule has 37 heavy (non-hydrogen) atoms. The van der Waals surface area contributed by atoms with Crippen LogP contribution in [0.4, 0.5) is 0 Å². The Bertz CT molecular complexity index is 1380. The van der Waals surface area contributed by atoms with Crippen molar-refractivity contribution in [3.8, 4) is 5.75 Å². The number of hydrogen-bond acceptors (Lipinski definition) is 7. The number of hydrogen-bond donors (Lipinski definition) is 1. The Morgan fingerprint density at radius 2 is 1.62 bits per heavy atom. The summed E-state index contributed by atoms with van der Waals surface area (Å²) in [6.07, 6.45) is 0. The van der Waals surface area contributed by atoms with Crippen LogP contribution in [-0.4, -0.2) is 74.6 Å². The molecule has 194 valence electrons. The molecule has 1 fully saturated rings. The van der Waals surface area contributed by atoms with Crippen LogP contribution in [0.3, 0.4) is 0 Å². The zero-order chi connectivity index (χ0) is 26.6. The molecule has 4 rings (SSSR count). The van der Waals surface area contributed by atoms with E-state index in [2.05, 4.69) is 5.32 Å². The SMILES string of the molecule is COc1cccc(C(=O)N2CCN(C(=O)[C@H](NC(=O)c3cccs3)S(=O)(=O)c3ccc(C)cc3)CC2)c1. The van der Waals surface area contributed by atoms with Crippen LogP contribution < -0.4 is 10.1 Å². The predicted molar refractivity (Wildman–Crippen MR) is 139 cm³/mol. The summed E-state index contributed by atoms with van der Waals surface area (Å²) in [6.45, 7) is 2.52. The maximum Gasteiger partial charge on any atom is 0.262 e. The maximum atomic E-state index is 13.5. The summed E-state index contributed by atoms with van der Waals surface area (Å²) in [5.41, 5.74) is 1.32. The van der Waals surface area contributed by atoms with Crippen LogP contribution >= 0.6 is 11.3 Å². The molecule has 3 amide bonds. The molecular formula is C26H27N3O6S2. The minimum atomic E-state index is -4.25. The van der Waals surface area contributed by atoms with Crippen molar-refractivity contribution in [3.63, 3.8) is 0 Å². The highest BCUT2D eigenvalue weighted by Crippen LogP contribution is 2.21. The molecule has 0 aliphatic carbocycles. The lowest BCUT2D eigenvalue weighted by molar-refractivity contribution is -0.132. The lowest BCUT2D eigenvalue weighted by atomic mass is 10.1. The molecule has 1 atom stereocenters. The summed E-state index contributed by atoms with van der Waals surface area (Å²) in [7, 11) is -2.73. The number of nitrogens with one attached hydrogen (secondary N) is 1. The normalized spacial score (nSPS) is 14.6. The van der Waals surface area contributed by atoms with Crippen LogP contribution in [0.15, 0.2) is 70.9 Å². The lowest BCUT2D eigenvalue weighted by Gasteiger charge is -2.36. The molecule has 1 aliphatic rings. The minimum absolute atomic E-state index is 0.0604. The van der Waals surface area contributed by atoms with Gasteiger partial charge >= 0.3 is 0 Å². The van der Waals surface area contributed by atoms with Crippen molar-refractivity contribution < 1.29 is 27.5 Å². The van der Waals surface area contributed by atoms with E-state index in [4.69, 9.17) is 4.74 Å².